The quantitative estimate of drug-likeness (QED) is 0.607. The molecule has 8 nitrogen and oxygen atoms in total. The van der Waals surface area contributed by atoms with Gasteiger partial charge < -0.3 is 15.3 Å². The number of benzene rings is 1. The average Bonchev–Trinajstić information content (AvgIpc) is 2.76. The molecule has 0 aliphatic rings. The van der Waals surface area contributed by atoms with E-state index in [9.17, 15) is 14.4 Å². The Bertz CT molecular complexity index is 1130. The molecular weight excluding hydrogens is 389 g/mol. The molecule has 0 aliphatic heterocycles. The summed E-state index contributed by atoms with van der Waals surface area (Å²) in [7, 11) is 2.88. The van der Waals surface area contributed by atoms with Crippen LogP contribution in [0.25, 0.3) is 0 Å². The summed E-state index contributed by atoms with van der Waals surface area (Å²) in [6.45, 7) is 1.75. The van der Waals surface area contributed by atoms with E-state index < -0.39 is 5.82 Å². The maximum absolute atomic E-state index is 14.6. The maximum Gasteiger partial charge on any atom is 0.251 e. The van der Waals surface area contributed by atoms with E-state index in [1.807, 2.05) is 0 Å². The standard InChI is InChI=1S/C21H22FN5O3/c1-13-8-17(6-7-27(13)29)26-21-24-11-14(12-25-21)4-5-15-9-16(20(28)23-2)10-18(30-3)19(15)22/h6-12,29H,4-5H2,1-3H3,(H,23,28)/b26-17+. The van der Waals surface area contributed by atoms with Crippen LogP contribution < -0.4 is 15.4 Å². The van der Waals surface area contributed by atoms with Gasteiger partial charge in [-0.05, 0) is 55.2 Å². The molecule has 1 amide bonds. The minimum Gasteiger partial charge on any atom is -0.494 e. The predicted octanol–water partition coefficient (Wildman–Crippen LogP) is 2.35. The first kappa shape index (κ1) is 21.0. The van der Waals surface area contributed by atoms with E-state index in [0.29, 0.717) is 35.0 Å². The van der Waals surface area contributed by atoms with E-state index >= 15 is 0 Å². The molecule has 0 saturated heterocycles. The molecule has 2 aromatic heterocycles. The van der Waals surface area contributed by atoms with Crippen molar-refractivity contribution in [1.29, 1.82) is 0 Å². The summed E-state index contributed by atoms with van der Waals surface area (Å²) in [5.41, 5.74) is 2.14. The molecule has 0 spiro atoms. The van der Waals surface area contributed by atoms with Crippen molar-refractivity contribution in [1.82, 2.24) is 20.0 Å². The van der Waals surface area contributed by atoms with Gasteiger partial charge in [0.1, 0.15) is 0 Å². The van der Waals surface area contributed by atoms with Crippen LogP contribution >= 0.6 is 0 Å². The predicted molar refractivity (Wildman–Crippen MR) is 107 cm³/mol. The Morgan fingerprint density at radius 1 is 1.27 bits per heavy atom. The number of nitrogens with one attached hydrogen (secondary N) is 1. The number of carbonyl (C=O) groups is 1. The lowest BCUT2D eigenvalue weighted by molar-refractivity contribution is 0.0962. The summed E-state index contributed by atoms with van der Waals surface area (Å²) < 4.78 is 20.6. The summed E-state index contributed by atoms with van der Waals surface area (Å²) in [5, 5.41) is 12.6. The second-order valence-corrected chi connectivity index (χ2v) is 6.60. The van der Waals surface area contributed by atoms with Gasteiger partial charge in [0.2, 0.25) is 5.95 Å². The number of aromatic nitrogens is 3. The first-order valence-electron chi connectivity index (χ1n) is 9.24. The van der Waals surface area contributed by atoms with Crippen LogP contribution in [0.1, 0.15) is 27.2 Å². The zero-order valence-corrected chi connectivity index (χ0v) is 16.9. The molecule has 0 radical (unpaired) electrons. The fourth-order valence-electron chi connectivity index (χ4n) is 2.85. The van der Waals surface area contributed by atoms with E-state index in [2.05, 4.69) is 20.3 Å². The number of carbonyl (C=O) groups excluding carboxylic acids is 1. The molecule has 2 heterocycles. The summed E-state index contributed by atoms with van der Waals surface area (Å²) >= 11 is 0. The molecule has 9 heteroatoms. The fraction of sp³-hybridized carbons (Fsp3) is 0.238. The fourth-order valence-corrected chi connectivity index (χ4v) is 2.85. The van der Waals surface area contributed by atoms with Crippen LogP contribution in [0.4, 0.5) is 10.3 Å². The SMILES string of the molecule is CNC(=O)c1cc(CCc2cnc(/N=c3\ccn(O)c(C)c3)nc2)c(F)c(OC)c1. The molecule has 0 aliphatic carbocycles. The molecule has 0 bridgehead atoms. The summed E-state index contributed by atoms with van der Waals surface area (Å²) in [6, 6.07) is 6.24. The molecule has 3 aromatic rings. The van der Waals surface area contributed by atoms with Crippen molar-refractivity contribution in [2.24, 2.45) is 4.99 Å². The highest BCUT2D eigenvalue weighted by atomic mass is 19.1. The second-order valence-electron chi connectivity index (χ2n) is 6.60. The zero-order valence-electron chi connectivity index (χ0n) is 16.9. The van der Waals surface area contributed by atoms with Gasteiger partial charge in [-0.3, -0.25) is 4.79 Å². The van der Waals surface area contributed by atoms with Crippen LogP contribution in [0.3, 0.4) is 0 Å². The number of halogens is 1. The van der Waals surface area contributed by atoms with E-state index in [1.165, 1.54) is 32.5 Å². The second kappa shape index (κ2) is 9.17. The lowest BCUT2D eigenvalue weighted by Gasteiger charge is -2.10. The van der Waals surface area contributed by atoms with Gasteiger partial charge in [-0.1, -0.05) is 0 Å². The molecule has 0 fully saturated rings. The third kappa shape index (κ3) is 4.80. The lowest BCUT2D eigenvalue weighted by Crippen LogP contribution is -2.18. The van der Waals surface area contributed by atoms with Gasteiger partial charge >= 0.3 is 0 Å². The normalized spacial score (nSPS) is 11.4. The molecule has 0 saturated carbocycles. The van der Waals surface area contributed by atoms with Gasteiger partial charge in [-0.25, -0.2) is 19.4 Å². The van der Waals surface area contributed by atoms with Crippen LogP contribution in [0.15, 0.2) is 47.8 Å². The van der Waals surface area contributed by atoms with E-state index in [-0.39, 0.29) is 17.6 Å². The van der Waals surface area contributed by atoms with E-state index in [1.54, 1.807) is 31.5 Å². The number of amides is 1. The highest BCUT2D eigenvalue weighted by molar-refractivity contribution is 5.94. The number of hydrogen-bond acceptors (Lipinski definition) is 6. The van der Waals surface area contributed by atoms with Crippen molar-refractivity contribution in [3.05, 3.63) is 76.4 Å². The number of ether oxygens (including phenoxy) is 1. The van der Waals surface area contributed by atoms with Crippen molar-refractivity contribution < 1.29 is 19.1 Å². The molecule has 0 atom stereocenters. The summed E-state index contributed by atoms with van der Waals surface area (Å²) in [5.74, 6) is -0.493. The number of methoxy groups -OCH3 is 1. The van der Waals surface area contributed by atoms with Crippen molar-refractivity contribution in [2.45, 2.75) is 19.8 Å². The van der Waals surface area contributed by atoms with Crippen molar-refractivity contribution in [3.8, 4) is 5.75 Å². The van der Waals surface area contributed by atoms with Gasteiger partial charge in [0, 0.05) is 31.2 Å². The molecular formula is C21H22FN5O3. The highest BCUT2D eigenvalue weighted by Crippen LogP contribution is 2.24. The molecule has 2 N–H and O–H groups in total. The molecule has 0 unspecified atom stereocenters. The minimum absolute atomic E-state index is 0.0267. The van der Waals surface area contributed by atoms with E-state index in [0.717, 1.165) is 10.3 Å². The maximum atomic E-state index is 14.6. The Balaban J connectivity index is 1.76. The first-order valence-corrected chi connectivity index (χ1v) is 9.24. The lowest BCUT2D eigenvalue weighted by atomic mass is 10.0. The highest BCUT2D eigenvalue weighted by Gasteiger charge is 2.15. The summed E-state index contributed by atoms with van der Waals surface area (Å²) in [6.07, 6.45) is 5.57. The van der Waals surface area contributed by atoms with Gasteiger partial charge in [0.05, 0.1) is 18.2 Å². The largest absolute Gasteiger partial charge is 0.494 e. The van der Waals surface area contributed by atoms with Gasteiger partial charge in [-0.2, -0.15) is 4.73 Å². The van der Waals surface area contributed by atoms with Crippen molar-refractivity contribution in [2.75, 3.05) is 14.2 Å². The minimum atomic E-state index is -0.488. The van der Waals surface area contributed by atoms with Crippen LogP contribution in [0, 0.1) is 12.7 Å². The first-order chi connectivity index (χ1) is 14.4. The smallest absolute Gasteiger partial charge is 0.251 e. The number of pyridine rings is 1. The zero-order chi connectivity index (χ0) is 21.7. The Morgan fingerprint density at radius 2 is 2.00 bits per heavy atom. The number of hydrogen-bond donors (Lipinski definition) is 2. The Morgan fingerprint density at radius 3 is 2.63 bits per heavy atom. The van der Waals surface area contributed by atoms with Gasteiger partial charge in [0.25, 0.3) is 5.91 Å². The van der Waals surface area contributed by atoms with Crippen LogP contribution in [0.2, 0.25) is 0 Å². The van der Waals surface area contributed by atoms with Crippen LogP contribution in [-0.2, 0) is 12.8 Å². The Labute approximate surface area is 172 Å². The average molecular weight is 411 g/mol. The topological polar surface area (TPSA) is 102 Å². The van der Waals surface area contributed by atoms with Gasteiger partial charge in [0.15, 0.2) is 11.6 Å². The molecule has 156 valence electrons. The monoisotopic (exact) mass is 411 g/mol. The molecule has 1 aromatic carbocycles. The van der Waals surface area contributed by atoms with Crippen LogP contribution in [0.5, 0.6) is 5.75 Å². The van der Waals surface area contributed by atoms with E-state index in [4.69, 9.17) is 4.74 Å². The third-order valence-electron chi connectivity index (χ3n) is 4.53. The van der Waals surface area contributed by atoms with Crippen LogP contribution in [-0.4, -0.2) is 40.0 Å². The molecule has 3 rings (SSSR count). The van der Waals surface area contributed by atoms with Crippen molar-refractivity contribution in [3.63, 3.8) is 0 Å². The number of rotatable bonds is 6. The Hall–Kier alpha value is -3.75. The number of aryl methyl sites for hydroxylation is 3. The Kier molecular flexibility index (Phi) is 6.41. The molecule has 30 heavy (non-hydrogen) atoms. The van der Waals surface area contributed by atoms with Gasteiger partial charge in [-0.15, -0.1) is 0 Å². The number of nitrogens with zero attached hydrogens (tertiary/aromatic N) is 4. The summed E-state index contributed by atoms with van der Waals surface area (Å²) in [4.78, 5) is 24.7. The van der Waals surface area contributed by atoms with Crippen molar-refractivity contribution >= 4 is 11.9 Å². The third-order valence-corrected chi connectivity index (χ3v) is 4.53.